The van der Waals surface area contributed by atoms with Gasteiger partial charge in [0.1, 0.15) is 5.01 Å². The molecule has 1 atom stereocenters. The van der Waals surface area contributed by atoms with Gasteiger partial charge in [0.15, 0.2) is 0 Å². The highest BCUT2D eigenvalue weighted by molar-refractivity contribution is 7.09. The molecule has 1 heterocycles. The van der Waals surface area contributed by atoms with Crippen LogP contribution < -0.4 is 5.32 Å². The molecule has 0 saturated heterocycles. The summed E-state index contributed by atoms with van der Waals surface area (Å²) in [6.45, 7) is 10.7. The molecule has 0 aliphatic rings. The largest absolute Gasteiger partial charge is 0.310 e. The van der Waals surface area contributed by atoms with E-state index in [1.807, 2.05) is 0 Å². The lowest BCUT2D eigenvalue weighted by Gasteiger charge is -2.14. The van der Waals surface area contributed by atoms with Crippen molar-refractivity contribution < 1.29 is 0 Å². The highest BCUT2D eigenvalue weighted by Crippen LogP contribution is 2.23. The van der Waals surface area contributed by atoms with Gasteiger partial charge in [-0.05, 0) is 25.3 Å². The van der Waals surface area contributed by atoms with E-state index < -0.39 is 0 Å². The number of rotatable bonds is 7. The summed E-state index contributed by atoms with van der Waals surface area (Å²) in [5, 5.41) is 6.81. The Hall–Kier alpha value is -0.120. The lowest BCUT2D eigenvalue weighted by atomic mass is 9.93. The van der Waals surface area contributed by atoms with E-state index in [0.717, 1.165) is 19.0 Å². The lowest BCUT2D eigenvalue weighted by molar-refractivity contribution is 0.529. The standard InChI is InChI=1S/C14H25ClN2S/c1-11(8-15)6-5-7-16-9-13-17-12(10-18-13)14(2,3)4/h10-11,16H,5-9H2,1-4H3. The average Bonchev–Trinajstić information content (AvgIpc) is 2.76. The lowest BCUT2D eigenvalue weighted by Crippen LogP contribution is -2.16. The van der Waals surface area contributed by atoms with Crippen molar-refractivity contribution >= 4 is 22.9 Å². The molecule has 2 nitrogen and oxygen atoms in total. The van der Waals surface area contributed by atoms with Crippen LogP contribution in [0.2, 0.25) is 0 Å². The maximum atomic E-state index is 5.78. The van der Waals surface area contributed by atoms with Gasteiger partial charge in [-0.25, -0.2) is 4.98 Å². The zero-order chi connectivity index (χ0) is 13.6. The number of halogens is 1. The molecule has 104 valence electrons. The van der Waals surface area contributed by atoms with Crippen LogP contribution in [0.5, 0.6) is 0 Å². The molecule has 0 aliphatic heterocycles. The Bertz CT molecular complexity index is 344. The minimum atomic E-state index is 0.157. The second kappa shape index (κ2) is 7.46. The third-order valence-corrected chi connectivity index (χ3v) is 4.29. The van der Waals surface area contributed by atoms with E-state index in [1.54, 1.807) is 11.3 Å². The van der Waals surface area contributed by atoms with Crippen molar-refractivity contribution in [3.8, 4) is 0 Å². The second-order valence-corrected chi connectivity index (χ2v) is 7.21. The molecule has 0 fully saturated rings. The van der Waals surface area contributed by atoms with Crippen LogP contribution in [0.25, 0.3) is 0 Å². The van der Waals surface area contributed by atoms with Crippen LogP contribution in [0.3, 0.4) is 0 Å². The molecule has 0 aromatic carbocycles. The zero-order valence-electron chi connectivity index (χ0n) is 11.9. The maximum absolute atomic E-state index is 5.78. The van der Waals surface area contributed by atoms with Crippen LogP contribution in [0.15, 0.2) is 5.38 Å². The smallest absolute Gasteiger partial charge is 0.107 e. The molecule has 1 aromatic heterocycles. The Kier molecular flexibility index (Phi) is 6.61. The van der Waals surface area contributed by atoms with Crippen molar-refractivity contribution in [2.45, 2.75) is 52.5 Å². The highest BCUT2D eigenvalue weighted by Gasteiger charge is 2.16. The predicted molar refractivity (Wildman–Crippen MR) is 81.6 cm³/mol. The average molecular weight is 289 g/mol. The maximum Gasteiger partial charge on any atom is 0.107 e. The Morgan fingerprint density at radius 3 is 2.72 bits per heavy atom. The van der Waals surface area contributed by atoms with Crippen LogP contribution >= 0.6 is 22.9 Å². The van der Waals surface area contributed by atoms with Gasteiger partial charge in [0, 0.05) is 23.2 Å². The normalized spacial score (nSPS) is 13.8. The van der Waals surface area contributed by atoms with E-state index in [2.05, 4.69) is 43.4 Å². The molecule has 1 aromatic rings. The minimum Gasteiger partial charge on any atom is -0.310 e. The van der Waals surface area contributed by atoms with Crippen molar-refractivity contribution in [2.24, 2.45) is 5.92 Å². The Labute approximate surface area is 120 Å². The monoisotopic (exact) mass is 288 g/mol. The molecule has 4 heteroatoms. The van der Waals surface area contributed by atoms with E-state index in [9.17, 15) is 0 Å². The first-order valence-electron chi connectivity index (χ1n) is 6.65. The van der Waals surface area contributed by atoms with E-state index in [-0.39, 0.29) is 5.41 Å². The molecule has 1 N–H and O–H groups in total. The third-order valence-electron chi connectivity index (χ3n) is 2.91. The second-order valence-electron chi connectivity index (χ2n) is 5.95. The summed E-state index contributed by atoms with van der Waals surface area (Å²) in [5.41, 5.74) is 1.35. The summed E-state index contributed by atoms with van der Waals surface area (Å²) in [6, 6.07) is 0. The van der Waals surface area contributed by atoms with Crippen molar-refractivity contribution in [3.05, 3.63) is 16.1 Å². The molecule has 0 aliphatic carbocycles. The van der Waals surface area contributed by atoms with E-state index in [4.69, 9.17) is 11.6 Å². The Morgan fingerprint density at radius 1 is 1.44 bits per heavy atom. The van der Waals surface area contributed by atoms with Gasteiger partial charge >= 0.3 is 0 Å². The number of nitrogens with zero attached hydrogens (tertiary/aromatic N) is 1. The SMILES string of the molecule is CC(CCl)CCCNCc1nc(C(C)(C)C)cs1. The van der Waals surface area contributed by atoms with E-state index >= 15 is 0 Å². The first kappa shape index (κ1) is 15.9. The summed E-state index contributed by atoms with van der Waals surface area (Å²) in [6.07, 6.45) is 2.38. The molecule has 18 heavy (non-hydrogen) atoms. The van der Waals surface area contributed by atoms with Crippen molar-refractivity contribution in [1.29, 1.82) is 0 Å². The number of aromatic nitrogens is 1. The topological polar surface area (TPSA) is 24.9 Å². The summed E-state index contributed by atoms with van der Waals surface area (Å²) < 4.78 is 0. The van der Waals surface area contributed by atoms with Crippen LogP contribution in [0, 0.1) is 5.92 Å². The Balaban J connectivity index is 2.22. The summed E-state index contributed by atoms with van der Waals surface area (Å²) >= 11 is 7.53. The molecule has 0 radical (unpaired) electrons. The summed E-state index contributed by atoms with van der Waals surface area (Å²) in [4.78, 5) is 4.67. The Morgan fingerprint density at radius 2 is 2.17 bits per heavy atom. The quantitative estimate of drug-likeness (QED) is 0.601. The number of hydrogen-bond acceptors (Lipinski definition) is 3. The number of thiazole rings is 1. The highest BCUT2D eigenvalue weighted by atomic mass is 35.5. The van der Waals surface area contributed by atoms with Gasteiger partial charge in [-0.2, -0.15) is 0 Å². The fourth-order valence-corrected chi connectivity index (χ4v) is 2.73. The van der Waals surface area contributed by atoms with Gasteiger partial charge in [0.25, 0.3) is 0 Å². The zero-order valence-corrected chi connectivity index (χ0v) is 13.5. The number of nitrogens with one attached hydrogen (secondary N) is 1. The van der Waals surface area contributed by atoms with Crippen molar-refractivity contribution in [3.63, 3.8) is 0 Å². The van der Waals surface area contributed by atoms with Crippen molar-refractivity contribution in [1.82, 2.24) is 10.3 Å². The van der Waals surface area contributed by atoms with Crippen LogP contribution in [0.1, 0.15) is 51.2 Å². The van der Waals surface area contributed by atoms with Gasteiger partial charge in [0.05, 0.1) is 5.69 Å². The van der Waals surface area contributed by atoms with Crippen LogP contribution in [0.4, 0.5) is 0 Å². The number of hydrogen-bond donors (Lipinski definition) is 1. The van der Waals surface area contributed by atoms with Gasteiger partial charge in [0.2, 0.25) is 0 Å². The molecular formula is C14H25ClN2S. The van der Waals surface area contributed by atoms with Crippen LogP contribution in [-0.4, -0.2) is 17.4 Å². The minimum absolute atomic E-state index is 0.157. The van der Waals surface area contributed by atoms with E-state index in [1.165, 1.54) is 23.5 Å². The van der Waals surface area contributed by atoms with Crippen LogP contribution in [-0.2, 0) is 12.0 Å². The number of alkyl halides is 1. The summed E-state index contributed by atoms with van der Waals surface area (Å²) in [7, 11) is 0. The first-order chi connectivity index (χ1) is 8.43. The fourth-order valence-electron chi connectivity index (χ4n) is 1.58. The van der Waals surface area contributed by atoms with Gasteiger partial charge in [-0.15, -0.1) is 22.9 Å². The molecular weight excluding hydrogens is 264 g/mol. The first-order valence-corrected chi connectivity index (χ1v) is 8.06. The van der Waals surface area contributed by atoms with Gasteiger partial charge in [-0.3, -0.25) is 0 Å². The molecule has 0 spiro atoms. The molecule has 0 amide bonds. The third kappa shape index (κ3) is 5.68. The fraction of sp³-hybridized carbons (Fsp3) is 0.786. The van der Waals surface area contributed by atoms with Gasteiger partial charge in [-0.1, -0.05) is 27.7 Å². The van der Waals surface area contributed by atoms with Gasteiger partial charge < -0.3 is 5.32 Å². The predicted octanol–water partition coefficient (Wildman–Crippen LogP) is 4.19. The molecule has 0 saturated carbocycles. The molecule has 1 rings (SSSR count). The van der Waals surface area contributed by atoms with Crippen molar-refractivity contribution in [2.75, 3.05) is 12.4 Å². The molecule has 1 unspecified atom stereocenters. The van der Waals surface area contributed by atoms with E-state index in [0.29, 0.717) is 5.92 Å². The molecule has 0 bridgehead atoms. The summed E-state index contributed by atoms with van der Waals surface area (Å²) in [5.74, 6) is 1.39.